The van der Waals surface area contributed by atoms with Gasteiger partial charge in [-0.05, 0) is 18.6 Å². The Labute approximate surface area is 150 Å². The topological polar surface area (TPSA) is 60.0 Å². The average Bonchev–Trinajstić information content (AvgIpc) is 3.28. The summed E-state index contributed by atoms with van der Waals surface area (Å²) in [5.74, 6) is 0.837. The molecule has 3 heterocycles. The molecular weight excluding hydrogens is 336 g/mol. The van der Waals surface area contributed by atoms with Crippen molar-refractivity contribution in [1.29, 1.82) is 0 Å². The molecule has 126 valence electrons. The second-order valence-corrected chi connectivity index (χ2v) is 6.11. The molecule has 0 spiro atoms. The van der Waals surface area contributed by atoms with E-state index in [0.29, 0.717) is 5.02 Å². The van der Waals surface area contributed by atoms with E-state index in [9.17, 15) is 0 Å². The zero-order valence-electron chi connectivity index (χ0n) is 13.5. The third-order valence-corrected chi connectivity index (χ3v) is 4.26. The van der Waals surface area contributed by atoms with Gasteiger partial charge in [0.2, 0.25) is 0 Å². The van der Waals surface area contributed by atoms with Gasteiger partial charge in [-0.25, -0.2) is 14.5 Å². The van der Waals surface area contributed by atoms with E-state index >= 15 is 0 Å². The van der Waals surface area contributed by atoms with Crippen LogP contribution in [0.3, 0.4) is 0 Å². The molecule has 1 N–H and O–H groups in total. The fourth-order valence-electron chi connectivity index (χ4n) is 2.68. The average molecular weight is 353 g/mol. The molecule has 4 aromatic rings. The Morgan fingerprint density at radius 3 is 2.88 bits per heavy atom. The van der Waals surface area contributed by atoms with Gasteiger partial charge in [-0.15, -0.1) is 0 Å². The molecule has 0 saturated carbocycles. The van der Waals surface area contributed by atoms with Gasteiger partial charge in [0.1, 0.15) is 5.82 Å². The van der Waals surface area contributed by atoms with Gasteiger partial charge in [-0.1, -0.05) is 29.8 Å². The van der Waals surface area contributed by atoms with E-state index in [1.165, 1.54) is 0 Å². The van der Waals surface area contributed by atoms with Crippen molar-refractivity contribution in [2.24, 2.45) is 0 Å². The summed E-state index contributed by atoms with van der Waals surface area (Å²) in [6.45, 7) is 1.77. The van der Waals surface area contributed by atoms with E-state index in [0.717, 1.165) is 42.2 Å². The first-order valence-corrected chi connectivity index (χ1v) is 8.48. The third kappa shape index (κ3) is 3.49. The maximum atomic E-state index is 6.26. The minimum atomic E-state index is 0.684. The van der Waals surface area contributed by atoms with E-state index in [1.807, 2.05) is 55.1 Å². The highest BCUT2D eigenvalue weighted by molar-refractivity contribution is 6.33. The van der Waals surface area contributed by atoms with Crippen molar-refractivity contribution < 1.29 is 0 Å². The summed E-state index contributed by atoms with van der Waals surface area (Å²) >= 11 is 6.26. The summed E-state index contributed by atoms with van der Waals surface area (Å²) in [6, 6.07) is 11.5. The van der Waals surface area contributed by atoms with Gasteiger partial charge in [0, 0.05) is 43.3 Å². The molecule has 0 aliphatic carbocycles. The van der Waals surface area contributed by atoms with Gasteiger partial charge in [-0.2, -0.15) is 5.10 Å². The lowest BCUT2D eigenvalue weighted by Crippen LogP contribution is -2.07. The summed E-state index contributed by atoms with van der Waals surface area (Å²) in [5.41, 5.74) is 2.51. The summed E-state index contributed by atoms with van der Waals surface area (Å²) < 4.78 is 3.82. The Morgan fingerprint density at radius 1 is 1.12 bits per heavy atom. The van der Waals surface area contributed by atoms with Crippen molar-refractivity contribution in [3.8, 4) is 11.3 Å². The lowest BCUT2D eigenvalue weighted by Gasteiger charge is -2.06. The number of halogens is 1. The number of nitrogens with zero attached hydrogens (tertiary/aromatic N) is 5. The predicted molar refractivity (Wildman–Crippen MR) is 98.8 cm³/mol. The van der Waals surface area contributed by atoms with Crippen LogP contribution in [0.2, 0.25) is 5.02 Å². The maximum Gasteiger partial charge on any atom is 0.157 e. The fraction of sp³-hybridized carbons (Fsp3) is 0.167. The molecule has 0 bridgehead atoms. The highest BCUT2D eigenvalue weighted by atomic mass is 35.5. The van der Waals surface area contributed by atoms with Crippen LogP contribution in [0.1, 0.15) is 6.42 Å². The number of nitrogens with one attached hydrogen (secondary N) is 1. The molecule has 0 radical (unpaired) electrons. The molecule has 6 nitrogen and oxygen atoms in total. The Morgan fingerprint density at radius 2 is 2.04 bits per heavy atom. The normalized spacial score (nSPS) is 11.1. The SMILES string of the molecule is Clc1ccccc1-c1cc2nc(NCCCn3ccnc3)ccn2n1. The van der Waals surface area contributed by atoms with E-state index in [4.69, 9.17) is 11.6 Å². The molecule has 1 aromatic carbocycles. The summed E-state index contributed by atoms with van der Waals surface area (Å²) in [5, 5.41) is 8.58. The van der Waals surface area contributed by atoms with Crippen molar-refractivity contribution in [1.82, 2.24) is 24.1 Å². The van der Waals surface area contributed by atoms with Crippen LogP contribution < -0.4 is 5.32 Å². The van der Waals surface area contributed by atoms with Crippen LogP contribution in [-0.4, -0.2) is 30.7 Å². The number of aryl methyl sites for hydroxylation is 1. The number of aromatic nitrogens is 5. The van der Waals surface area contributed by atoms with Crippen molar-refractivity contribution >= 4 is 23.1 Å². The molecule has 0 amide bonds. The van der Waals surface area contributed by atoms with Gasteiger partial charge in [0.15, 0.2) is 5.65 Å². The number of fused-ring (bicyclic) bond motifs is 1. The second-order valence-electron chi connectivity index (χ2n) is 5.71. The zero-order valence-corrected chi connectivity index (χ0v) is 14.3. The number of anilines is 1. The molecule has 0 aliphatic rings. The van der Waals surface area contributed by atoms with Gasteiger partial charge in [0.25, 0.3) is 0 Å². The Hall–Kier alpha value is -2.86. The van der Waals surface area contributed by atoms with Gasteiger partial charge >= 0.3 is 0 Å². The van der Waals surface area contributed by atoms with Crippen LogP contribution >= 0.6 is 11.6 Å². The number of imidazole rings is 1. The number of benzene rings is 1. The predicted octanol–water partition coefficient (Wildman–Crippen LogP) is 3.75. The van der Waals surface area contributed by atoms with Crippen LogP contribution in [0.4, 0.5) is 5.82 Å². The smallest absolute Gasteiger partial charge is 0.157 e. The molecule has 7 heteroatoms. The van der Waals surface area contributed by atoms with Crippen LogP contribution in [0, 0.1) is 0 Å². The van der Waals surface area contributed by atoms with Crippen molar-refractivity contribution in [3.63, 3.8) is 0 Å². The molecule has 0 fully saturated rings. The first-order chi connectivity index (χ1) is 12.3. The van der Waals surface area contributed by atoms with Gasteiger partial charge in [0.05, 0.1) is 17.0 Å². The molecular formula is C18H17ClN6. The Kier molecular flexibility index (Phi) is 4.35. The lowest BCUT2D eigenvalue weighted by atomic mass is 10.1. The second kappa shape index (κ2) is 6.94. The summed E-state index contributed by atoms with van der Waals surface area (Å²) in [7, 11) is 0. The quantitative estimate of drug-likeness (QED) is 0.537. The maximum absolute atomic E-state index is 6.26. The minimum absolute atomic E-state index is 0.684. The molecule has 4 rings (SSSR count). The highest BCUT2D eigenvalue weighted by Crippen LogP contribution is 2.27. The van der Waals surface area contributed by atoms with Crippen molar-refractivity contribution in [3.05, 3.63) is 66.3 Å². The van der Waals surface area contributed by atoms with E-state index < -0.39 is 0 Å². The standard InChI is InChI=1S/C18H17ClN6/c19-15-5-2-1-4-14(15)16-12-18-22-17(6-10-25(18)23-16)21-7-3-9-24-11-8-20-13-24/h1-2,4-6,8,10-13H,3,7,9H2,(H,21,22). The molecule has 0 unspecified atom stereocenters. The molecule has 3 aromatic heterocycles. The van der Waals surface area contributed by atoms with Crippen molar-refractivity contribution in [2.45, 2.75) is 13.0 Å². The molecule has 0 saturated heterocycles. The van der Waals surface area contributed by atoms with Crippen LogP contribution in [-0.2, 0) is 6.54 Å². The third-order valence-electron chi connectivity index (χ3n) is 3.93. The van der Waals surface area contributed by atoms with Crippen LogP contribution in [0.5, 0.6) is 0 Å². The Balaban J connectivity index is 1.46. The molecule has 0 atom stereocenters. The largest absolute Gasteiger partial charge is 0.370 e. The molecule has 0 aliphatic heterocycles. The molecule has 25 heavy (non-hydrogen) atoms. The highest BCUT2D eigenvalue weighted by Gasteiger charge is 2.09. The number of hydrogen-bond acceptors (Lipinski definition) is 4. The van der Waals surface area contributed by atoms with Crippen molar-refractivity contribution in [2.75, 3.05) is 11.9 Å². The number of hydrogen-bond donors (Lipinski definition) is 1. The van der Waals surface area contributed by atoms with Gasteiger partial charge < -0.3 is 9.88 Å². The van der Waals surface area contributed by atoms with E-state index in [-0.39, 0.29) is 0 Å². The Bertz CT molecular complexity index is 976. The van der Waals surface area contributed by atoms with Gasteiger partial charge in [-0.3, -0.25) is 0 Å². The minimum Gasteiger partial charge on any atom is -0.370 e. The lowest BCUT2D eigenvalue weighted by molar-refractivity contribution is 0.660. The first-order valence-electron chi connectivity index (χ1n) is 8.10. The van der Waals surface area contributed by atoms with E-state index in [2.05, 4.69) is 25.0 Å². The van der Waals surface area contributed by atoms with Crippen LogP contribution in [0.15, 0.2) is 61.3 Å². The monoisotopic (exact) mass is 352 g/mol. The number of rotatable bonds is 6. The zero-order chi connectivity index (χ0) is 17.1. The van der Waals surface area contributed by atoms with E-state index in [1.54, 1.807) is 10.7 Å². The fourth-order valence-corrected chi connectivity index (χ4v) is 2.91. The first kappa shape index (κ1) is 15.7. The summed E-state index contributed by atoms with van der Waals surface area (Å²) in [6.07, 6.45) is 8.48. The van der Waals surface area contributed by atoms with Crippen LogP contribution in [0.25, 0.3) is 16.9 Å². The summed E-state index contributed by atoms with van der Waals surface area (Å²) in [4.78, 5) is 8.65.